The molecule has 0 saturated heterocycles. The molecule has 4 heteroatoms. The second-order valence-corrected chi connectivity index (χ2v) is 2.69. The van der Waals surface area contributed by atoms with Crippen LogP contribution in [0.1, 0.15) is 5.56 Å². The molecule has 1 aromatic carbocycles. The van der Waals surface area contributed by atoms with Crippen LogP contribution in [0.25, 0.3) is 0 Å². The van der Waals surface area contributed by atoms with Gasteiger partial charge < -0.3 is 11.1 Å². The zero-order chi connectivity index (χ0) is 10.6. The van der Waals surface area contributed by atoms with Crippen LogP contribution in [0.5, 0.6) is 0 Å². The summed E-state index contributed by atoms with van der Waals surface area (Å²) < 4.78 is 0. The Kier molecular flexibility index (Phi) is 3.01. The number of carbonyl (C=O) groups is 1. The maximum absolute atomic E-state index is 10.9. The Hall–Kier alpha value is -2.10. The number of nitrogens with two attached hydrogens (primary N) is 1. The van der Waals surface area contributed by atoms with E-state index in [1.165, 1.54) is 0 Å². The minimum Gasteiger partial charge on any atom is -0.399 e. The van der Waals surface area contributed by atoms with Crippen molar-refractivity contribution in [2.75, 3.05) is 5.73 Å². The molecule has 14 heavy (non-hydrogen) atoms. The summed E-state index contributed by atoms with van der Waals surface area (Å²) in [4.78, 5) is 10.9. The van der Waals surface area contributed by atoms with Gasteiger partial charge in [0.05, 0.1) is 0 Å². The summed E-state index contributed by atoms with van der Waals surface area (Å²) in [5, 5.41) is 9.87. The highest BCUT2D eigenvalue weighted by Gasteiger charge is 2.03. The molecule has 0 radical (unpaired) electrons. The first-order chi connectivity index (χ1) is 6.63. The van der Waals surface area contributed by atoms with Gasteiger partial charge in [0.15, 0.2) is 0 Å². The molecule has 0 atom stereocenters. The van der Waals surface area contributed by atoms with E-state index in [1.807, 2.05) is 0 Å². The SMILES string of the molecule is C=CC(=O)NC(=N)c1cccc(N)c1. The maximum Gasteiger partial charge on any atom is 0.248 e. The molecule has 0 bridgehead atoms. The van der Waals surface area contributed by atoms with Gasteiger partial charge in [0.25, 0.3) is 0 Å². The summed E-state index contributed by atoms with van der Waals surface area (Å²) >= 11 is 0. The van der Waals surface area contributed by atoms with Gasteiger partial charge in [0, 0.05) is 11.3 Å². The maximum atomic E-state index is 10.9. The van der Waals surface area contributed by atoms with Gasteiger partial charge in [0.2, 0.25) is 5.91 Å². The van der Waals surface area contributed by atoms with Crippen molar-refractivity contribution in [2.45, 2.75) is 0 Å². The van der Waals surface area contributed by atoms with Gasteiger partial charge in [-0.15, -0.1) is 0 Å². The van der Waals surface area contributed by atoms with Crippen molar-refractivity contribution in [1.82, 2.24) is 5.32 Å². The number of hydrogen-bond acceptors (Lipinski definition) is 3. The number of benzene rings is 1. The fourth-order valence-electron chi connectivity index (χ4n) is 0.941. The third kappa shape index (κ3) is 2.45. The monoisotopic (exact) mass is 189 g/mol. The molecule has 4 nitrogen and oxygen atoms in total. The zero-order valence-electron chi connectivity index (χ0n) is 7.58. The number of hydrogen-bond donors (Lipinski definition) is 3. The Morgan fingerprint density at radius 2 is 2.29 bits per heavy atom. The van der Waals surface area contributed by atoms with Crippen LogP contribution in [0.4, 0.5) is 5.69 Å². The van der Waals surface area contributed by atoms with E-state index in [0.29, 0.717) is 11.3 Å². The summed E-state index contributed by atoms with van der Waals surface area (Å²) in [6.07, 6.45) is 1.11. The number of amidine groups is 1. The minimum absolute atomic E-state index is 0.0159. The molecule has 0 spiro atoms. The normalized spacial score (nSPS) is 9.14. The number of anilines is 1. The van der Waals surface area contributed by atoms with E-state index in [-0.39, 0.29) is 5.84 Å². The van der Waals surface area contributed by atoms with Gasteiger partial charge in [-0.2, -0.15) is 0 Å². The number of carbonyl (C=O) groups excluding carboxylic acids is 1. The lowest BCUT2D eigenvalue weighted by Gasteiger charge is -2.04. The molecular formula is C10H11N3O. The lowest BCUT2D eigenvalue weighted by molar-refractivity contribution is -0.115. The van der Waals surface area contributed by atoms with Crippen molar-refractivity contribution in [1.29, 1.82) is 5.41 Å². The molecule has 0 saturated carbocycles. The molecule has 0 aromatic heterocycles. The molecule has 0 aliphatic heterocycles. The van der Waals surface area contributed by atoms with Gasteiger partial charge in [-0.05, 0) is 18.2 Å². The highest BCUT2D eigenvalue weighted by atomic mass is 16.1. The Morgan fingerprint density at radius 3 is 2.86 bits per heavy atom. The van der Waals surface area contributed by atoms with Crippen LogP contribution in [0.3, 0.4) is 0 Å². The molecule has 72 valence electrons. The predicted molar refractivity (Wildman–Crippen MR) is 56.0 cm³/mol. The fraction of sp³-hybridized carbons (Fsp3) is 0. The standard InChI is InChI=1S/C10H11N3O/c1-2-9(14)13-10(12)7-4-3-5-8(11)6-7/h2-6H,1,11H2,(H2,12,13,14). The molecule has 4 N–H and O–H groups in total. The Bertz CT molecular complexity index is 385. The van der Waals surface area contributed by atoms with Crippen molar-refractivity contribution in [3.05, 3.63) is 42.5 Å². The summed E-state index contributed by atoms with van der Waals surface area (Å²) in [5.41, 5.74) is 6.66. The summed E-state index contributed by atoms with van der Waals surface area (Å²) in [7, 11) is 0. The first-order valence-corrected chi connectivity index (χ1v) is 4.01. The van der Waals surface area contributed by atoms with Crippen LogP contribution in [0.15, 0.2) is 36.9 Å². The Labute approximate surface area is 81.9 Å². The van der Waals surface area contributed by atoms with Crippen LogP contribution >= 0.6 is 0 Å². The van der Waals surface area contributed by atoms with E-state index in [2.05, 4.69) is 11.9 Å². The highest BCUT2D eigenvalue weighted by molar-refractivity contribution is 6.09. The number of rotatable bonds is 2. The topological polar surface area (TPSA) is 79.0 Å². The number of nitrogens with one attached hydrogen (secondary N) is 2. The van der Waals surface area contributed by atoms with E-state index in [1.54, 1.807) is 24.3 Å². The second-order valence-electron chi connectivity index (χ2n) is 2.69. The molecule has 0 fully saturated rings. The van der Waals surface area contributed by atoms with Crippen LogP contribution in [0, 0.1) is 5.41 Å². The van der Waals surface area contributed by atoms with E-state index in [4.69, 9.17) is 11.1 Å². The first-order valence-electron chi connectivity index (χ1n) is 4.01. The Morgan fingerprint density at radius 1 is 1.57 bits per heavy atom. The molecule has 0 aliphatic carbocycles. The average Bonchev–Trinajstić information content (AvgIpc) is 2.17. The summed E-state index contributed by atoms with van der Waals surface area (Å²) in [6, 6.07) is 6.75. The van der Waals surface area contributed by atoms with Gasteiger partial charge >= 0.3 is 0 Å². The van der Waals surface area contributed by atoms with E-state index in [0.717, 1.165) is 6.08 Å². The van der Waals surface area contributed by atoms with Gasteiger partial charge in [0.1, 0.15) is 5.84 Å². The summed E-state index contributed by atoms with van der Waals surface area (Å²) in [6.45, 7) is 3.29. The van der Waals surface area contributed by atoms with Crippen LogP contribution in [0.2, 0.25) is 0 Å². The molecule has 1 amide bonds. The predicted octanol–water partition coefficient (Wildman–Crippen LogP) is 0.896. The van der Waals surface area contributed by atoms with Crippen molar-refractivity contribution in [3.63, 3.8) is 0 Å². The number of amides is 1. The van der Waals surface area contributed by atoms with Gasteiger partial charge in [-0.25, -0.2) is 0 Å². The van der Waals surface area contributed by atoms with E-state index >= 15 is 0 Å². The minimum atomic E-state index is -0.405. The van der Waals surface area contributed by atoms with Crippen molar-refractivity contribution in [3.8, 4) is 0 Å². The highest BCUT2D eigenvalue weighted by Crippen LogP contribution is 2.05. The average molecular weight is 189 g/mol. The van der Waals surface area contributed by atoms with Crippen molar-refractivity contribution in [2.24, 2.45) is 0 Å². The second kappa shape index (κ2) is 4.23. The molecule has 0 heterocycles. The lowest BCUT2D eigenvalue weighted by Crippen LogP contribution is -2.28. The molecule has 0 aliphatic rings. The summed E-state index contributed by atoms with van der Waals surface area (Å²) in [5.74, 6) is -0.389. The third-order valence-corrected chi connectivity index (χ3v) is 1.61. The van der Waals surface area contributed by atoms with Gasteiger partial charge in [-0.3, -0.25) is 10.2 Å². The number of nitrogen functional groups attached to an aromatic ring is 1. The lowest BCUT2D eigenvalue weighted by atomic mass is 10.2. The third-order valence-electron chi connectivity index (χ3n) is 1.61. The van der Waals surface area contributed by atoms with Gasteiger partial charge in [-0.1, -0.05) is 18.7 Å². The molecule has 0 unspecified atom stereocenters. The molecular weight excluding hydrogens is 178 g/mol. The van der Waals surface area contributed by atoms with Crippen LogP contribution < -0.4 is 11.1 Å². The quantitative estimate of drug-likeness (QED) is 0.279. The zero-order valence-corrected chi connectivity index (χ0v) is 7.58. The van der Waals surface area contributed by atoms with Crippen LogP contribution in [-0.2, 0) is 4.79 Å². The first kappa shape index (κ1) is 9.98. The van der Waals surface area contributed by atoms with E-state index < -0.39 is 5.91 Å². The molecule has 1 aromatic rings. The van der Waals surface area contributed by atoms with Crippen molar-refractivity contribution < 1.29 is 4.79 Å². The largest absolute Gasteiger partial charge is 0.399 e. The van der Waals surface area contributed by atoms with Crippen molar-refractivity contribution >= 4 is 17.4 Å². The smallest absolute Gasteiger partial charge is 0.248 e. The molecule has 1 rings (SSSR count). The van der Waals surface area contributed by atoms with E-state index in [9.17, 15) is 4.79 Å². The Balaban J connectivity index is 2.79. The fourth-order valence-corrected chi connectivity index (χ4v) is 0.941. The van der Waals surface area contributed by atoms with Crippen LogP contribution in [-0.4, -0.2) is 11.7 Å².